The number of para-hydroxylation sites is 1. The SMILES string of the molecule is CC(C)C[C@H](NC(=O)[C@H](Cc1ccc([N+](=O)[O-])cc1)NC(=O)[C@H](CC(C)C)NC(=O)CCCCCNC(=O)c1ccccc1N)C(=O)O. The smallest absolute Gasteiger partial charge is 0.326 e. The van der Waals surface area contributed by atoms with E-state index in [1.807, 2.05) is 27.7 Å². The van der Waals surface area contributed by atoms with Gasteiger partial charge < -0.3 is 32.1 Å². The second kappa shape index (κ2) is 19.6. The molecule has 48 heavy (non-hydrogen) atoms. The number of nitrogen functional groups attached to an aromatic ring is 1. The largest absolute Gasteiger partial charge is 0.480 e. The molecule has 4 amide bonds. The second-order valence-corrected chi connectivity index (χ2v) is 12.6. The zero-order valence-corrected chi connectivity index (χ0v) is 28.0. The van der Waals surface area contributed by atoms with E-state index in [9.17, 15) is 39.2 Å². The van der Waals surface area contributed by atoms with Crippen LogP contribution in [0.3, 0.4) is 0 Å². The number of aliphatic carboxylic acids is 1. The molecule has 0 radical (unpaired) electrons. The number of nitrogens with one attached hydrogen (secondary N) is 4. The summed E-state index contributed by atoms with van der Waals surface area (Å²) in [5.74, 6) is -3.21. The van der Waals surface area contributed by atoms with Crippen molar-refractivity contribution in [2.75, 3.05) is 12.3 Å². The highest BCUT2D eigenvalue weighted by atomic mass is 16.6. The van der Waals surface area contributed by atoms with Crippen LogP contribution in [0.1, 0.15) is 82.1 Å². The summed E-state index contributed by atoms with van der Waals surface area (Å²) in [7, 11) is 0. The Kier molecular flexibility index (Phi) is 16.0. The number of anilines is 1. The van der Waals surface area contributed by atoms with Crippen LogP contribution >= 0.6 is 0 Å². The first-order valence-corrected chi connectivity index (χ1v) is 16.2. The van der Waals surface area contributed by atoms with E-state index in [0.717, 1.165) is 0 Å². The third-order valence-corrected chi connectivity index (χ3v) is 7.47. The number of carbonyl (C=O) groups is 5. The molecule has 0 saturated carbocycles. The fourth-order valence-corrected chi connectivity index (χ4v) is 4.99. The highest BCUT2D eigenvalue weighted by molar-refractivity contribution is 5.99. The van der Waals surface area contributed by atoms with Crippen LogP contribution in [0.15, 0.2) is 48.5 Å². The van der Waals surface area contributed by atoms with Crippen molar-refractivity contribution >= 4 is 41.0 Å². The summed E-state index contributed by atoms with van der Waals surface area (Å²) < 4.78 is 0. The van der Waals surface area contributed by atoms with E-state index in [0.29, 0.717) is 42.6 Å². The van der Waals surface area contributed by atoms with Crippen LogP contribution in [0.4, 0.5) is 11.4 Å². The molecule has 0 spiro atoms. The number of carboxylic acid groups (broad SMARTS) is 1. The lowest BCUT2D eigenvalue weighted by Crippen LogP contribution is -2.56. The van der Waals surface area contributed by atoms with Crippen molar-refractivity contribution in [3.8, 4) is 0 Å². The Morgan fingerprint density at radius 2 is 1.38 bits per heavy atom. The van der Waals surface area contributed by atoms with Crippen LogP contribution in [0.25, 0.3) is 0 Å². The Bertz CT molecular complexity index is 1410. The van der Waals surface area contributed by atoms with Gasteiger partial charge in [0.1, 0.15) is 18.1 Å². The molecule has 7 N–H and O–H groups in total. The number of hydrogen-bond donors (Lipinski definition) is 6. The van der Waals surface area contributed by atoms with Crippen LogP contribution in [0.5, 0.6) is 0 Å². The number of nitrogens with zero attached hydrogens (tertiary/aromatic N) is 1. The predicted octanol–water partition coefficient (Wildman–Crippen LogP) is 3.34. The molecule has 14 heteroatoms. The van der Waals surface area contributed by atoms with Gasteiger partial charge in [0.25, 0.3) is 11.6 Å². The Morgan fingerprint density at radius 1 is 0.792 bits per heavy atom. The number of nitro benzene ring substituents is 1. The number of nitrogens with two attached hydrogens (primary N) is 1. The molecule has 2 rings (SSSR count). The maximum atomic E-state index is 13.5. The molecular formula is C34H48N6O8. The van der Waals surface area contributed by atoms with Crippen molar-refractivity contribution in [3.05, 3.63) is 69.8 Å². The predicted molar refractivity (Wildman–Crippen MR) is 181 cm³/mol. The van der Waals surface area contributed by atoms with E-state index >= 15 is 0 Å². The minimum absolute atomic E-state index is 0.00712. The van der Waals surface area contributed by atoms with Gasteiger partial charge in [-0.3, -0.25) is 29.3 Å². The molecule has 262 valence electrons. The lowest BCUT2D eigenvalue weighted by Gasteiger charge is -2.26. The van der Waals surface area contributed by atoms with E-state index in [2.05, 4.69) is 21.3 Å². The van der Waals surface area contributed by atoms with Crippen LogP contribution in [0, 0.1) is 22.0 Å². The van der Waals surface area contributed by atoms with Gasteiger partial charge in [0.2, 0.25) is 17.7 Å². The zero-order chi connectivity index (χ0) is 35.8. The standard InChI is InChI=1S/C34H48N6O8/c1-21(2)18-27(37-30(41)12-6-5-9-17-36-31(42)25-10-7-8-11-26(25)35)32(43)38-28(20-23-13-15-24(16-14-23)40(47)48)33(44)39-29(34(45)46)19-22(3)4/h7-8,10-11,13-16,21-22,27-29H,5-6,9,12,17-20,35H2,1-4H3,(H,36,42)(H,37,41)(H,38,43)(H,39,44)(H,45,46)/t27-,28-,29-/m0/s1. The molecule has 0 heterocycles. The van der Waals surface area contributed by atoms with Crippen molar-refractivity contribution < 1.29 is 34.0 Å². The van der Waals surface area contributed by atoms with Crippen LogP contribution in [-0.4, -0.2) is 64.3 Å². The van der Waals surface area contributed by atoms with Crippen molar-refractivity contribution in [2.24, 2.45) is 11.8 Å². The molecule has 2 aromatic carbocycles. The van der Waals surface area contributed by atoms with Crippen molar-refractivity contribution in [2.45, 2.75) is 90.8 Å². The maximum absolute atomic E-state index is 13.5. The molecule has 0 aliphatic rings. The molecule has 14 nitrogen and oxygen atoms in total. The normalized spacial score (nSPS) is 12.9. The summed E-state index contributed by atoms with van der Waals surface area (Å²) in [4.78, 5) is 74.4. The fraction of sp³-hybridized carbons (Fsp3) is 0.500. The third kappa shape index (κ3) is 13.8. The number of amides is 4. The van der Waals surface area contributed by atoms with Gasteiger partial charge in [0.05, 0.1) is 10.5 Å². The summed E-state index contributed by atoms with van der Waals surface area (Å²) in [6.45, 7) is 7.81. The summed E-state index contributed by atoms with van der Waals surface area (Å²) in [6.07, 6.45) is 2.32. The number of non-ortho nitro benzene ring substituents is 1. The Balaban J connectivity index is 2.04. The summed E-state index contributed by atoms with van der Waals surface area (Å²) >= 11 is 0. The van der Waals surface area contributed by atoms with E-state index < -0.39 is 40.8 Å². The number of carbonyl (C=O) groups excluding carboxylic acids is 4. The van der Waals surface area contributed by atoms with Gasteiger partial charge in [0.15, 0.2) is 0 Å². The summed E-state index contributed by atoms with van der Waals surface area (Å²) in [6, 6.07) is 8.87. The average Bonchev–Trinajstić information content (AvgIpc) is 3.01. The van der Waals surface area contributed by atoms with E-state index in [-0.39, 0.29) is 55.0 Å². The summed E-state index contributed by atoms with van der Waals surface area (Å²) in [5.41, 5.74) is 6.99. The first-order chi connectivity index (χ1) is 22.7. The quantitative estimate of drug-likeness (QED) is 0.0526. The number of unbranched alkanes of at least 4 members (excludes halogenated alkanes) is 2. The Labute approximate surface area is 280 Å². The molecule has 0 fully saturated rings. The number of hydrogen-bond acceptors (Lipinski definition) is 8. The van der Waals surface area contributed by atoms with Crippen LogP contribution < -0.4 is 27.0 Å². The topological polar surface area (TPSA) is 223 Å². The van der Waals surface area contributed by atoms with Gasteiger partial charge in [-0.2, -0.15) is 0 Å². The fourth-order valence-electron chi connectivity index (χ4n) is 4.99. The van der Waals surface area contributed by atoms with Gasteiger partial charge in [-0.15, -0.1) is 0 Å². The van der Waals surface area contributed by atoms with Crippen molar-refractivity contribution in [1.29, 1.82) is 0 Å². The number of carboxylic acids is 1. The van der Waals surface area contributed by atoms with Gasteiger partial charge >= 0.3 is 5.97 Å². The van der Waals surface area contributed by atoms with Gasteiger partial charge in [-0.25, -0.2) is 4.79 Å². The highest BCUT2D eigenvalue weighted by Crippen LogP contribution is 2.15. The Morgan fingerprint density at radius 3 is 1.96 bits per heavy atom. The number of nitro groups is 1. The lowest BCUT2D eigenvalue weighted by atomic mass is 9.99. The first kappa shape index (κ1) is 39.2. The highest BCUT2D eigenvalue weighted by Gasteiger charge is 2.30. The molecule has 0 unspecified atom stereocenters. The molecule has 0 aromatic heterocycles. The first-order valence-electron chi connectivity index (χ1n) is 16.2. The van der Waals surface area contributed by atoms with Crippen molar-refractivity contribution in [3.63, 3.8) is 0 Å². The van der Waals surface area contributed by atoms with E-state index in [1.165, 1.54) is 24.3 Å². The van der Waals surface area contributed by atoms with E-state index in [4.69, 9.17) is 5.73 Å². The average molecular weight is 669 g/mol. The van der Waals surface area contributed by atoms with Gasteiger partial charge in [-0.05, 0) is 55.2 Å². The molecule has 0 bridgehead atoms. The second-order valence-electron chi connectivity index (χ2n) is 12.6. The van der Waals surface area contributed by atoms with Gasteiger partial charge in [-0.1, -0.05) is 58.4 Å². The number of rotatable bonds is 20. The third-order valence-electron chi connectivity index (χ3n) is 7.47. The Hall–Kier alpha value is -5.01. The zero-order valence-electron chi connectivity index (χ0n) is 28.0. The molecule has 0 aliphatic carbocycles. The summed E-state index contributed by atoms with van der Waals surface area (Å²) in [5, 5.41) is 31.5. The molecule has 2 aromatic rings. The molecule has 0 saturated heterocycles. The maximum Gasteiger partial charge on any atom is 0.326 e. The van der Waals surface area contributed by atoms with E-state index in [1.54, 1.807) is 24.3 Å². The minimum atomic E-state index is -1.22. The number of benzene rings is 2. The van der Waals surface area contributed by atoms with Gasteiger partial charge in [0, 0.05) is 37.2 Å². The lowest BCUT2D eigenvalue weighted by molar-refractivity contribution is -0.384. The molecule has 3 atom stereocenters. The van der Waals surface area contributed by atoms with Crippen LogP contribution in [0.2, 0.25) is 0 Å². The minimum Gasteiger partial charge on any atom is -0.480 e. The monoisotopic (exact) mass is 668 g/mol. The van der Waals surface area contributed by atoms with Crippen LogP contribution in [-0.2, 0) is 25.6 Å². The van der Waals surface area contributed by atoms with Crippen molar-refractivity contribution in [1.82, 2.24) is 21.3 Å². The molecular weight excluding hydrogens is 620 g/mol. The molecule has 0 aliphatic heterocycles.